The molecule has 0 bridgehead atoms. The lowest BCUT2D eigenvalue weighted by Gasteiger charge is -2.33. The van der Waals surface area contributed by atoms with Crippen LogP contribution < -0.4 is 25.4 Å². The number of ether oxygens (including phenoxy) is 2. The van der Waals surface area contributed by atoms with Crippen LogP contribution in [0, 0.1) is 0 Å². The number of benzene rings is 6. The lowest BCUT2D eigenvalue weighted by Crippen LogP contribution is -2.11. The number of pyridine rings is 2. The predicted molar refractivity (Wildman–Crippen MR) is 238 cm³/mol. The summed E-state index contributed by atoms with van der Waals surface area (Å²) >= 11 is 1.61. The third kappa shape index (κ3) is 5.31. The van der Waals surface area contributed by atoms with Gasteiger partial charge in [-0.15, -0.1) is 5.10 Å². The highest BCUT2D eigenvalue weighted by Crippen LogP contribution is 2.63. The number of rotatable bonds is 5. The first-order chi connectivity index (χ1) is 30.7. The first-order valence-electron chi connectivity index (χ1n) is 19.8. The molecule has 4 aromatic heterocycles. The lowest BCUT2D eigenvalue weighted by atomic mass is 9.83. The Bertz CT molecular complexity index is 3450. The zero-order valence-corrected chi connectivity index (χ0v) is 33.0. The summed E-state index contributed by atoms with van der Waals surface area (Å²) in [6.45, 7) is 0. The van der Waals surface area contributed by atoms with E-state index >= 15 is 0 Å². The molecule has 3 aliphatic rings. The summed E-state index contributed by atoms with van der Waals surface area (Å²) in [4.78, 5) is 16.3. The van der Waals surface area contributed by atoms with Gasteiger partial charge < -0.3 is 34.4 Å². The van der Waals surface area contributed by atoms with Crippen LogP contribution in [0.25, 0.3) is 67.3 Å². The average Bonchev–Trinajstić information content (AvgIpc) is 4.07. The maximum atomic E-state index is 6.60. The number of oxazole rings is 1. The second kappa shape index (κ2) is 13.6. The van der Waals surface area contributed by atoms with Crippen LogP contribution in [0.4, 0.5) is 34.1 Å². The smallest absolute Gasteiger partial charge is 0.227 e. The molecule has 3 N–H and O–H groups in total. The van der Waals surface area contributed by atoms with E-state index in [2.05, 4.69) is 61.6 Å². The molecule has 0 radical (unpaired) electrons. The summed E-state index contributed by atoms with van der Waals surface area (Å²) in [6, 6.07) is 42.2. The second-order valence-corrected chi connectivity index (χ2v) is 15.8. The Morgan fingerprint density at radius 2 is 1.16 bits per heavy atom. The van der Waals surface area contributed by atoms with Crippen LogP contribution in [-0.4, -0.2) is 25.3 Å². The van der Waals surface area contributed by atoms with Crippen molar-refractivity contribution >= 4 is 56.9 Å². The van der Waals surface area contributed by atoms with Crippen LogP contribution in [0.2, 0.25) is 0 Å². The Morgan fingerprint density at radius 1 is 0.484 bits per heavy atom. The largest absolute Gasteiger partial charge is 0.453 e. The zero-order valence-electron chi connectivity index (χ0n) is 32.2. The van der Waals surface area contributed by atoms with Gasteiger partial charge in [0, 0.05) is 60.0 Å². The minimum atomic E-state index is 0.373. The molecule has 12 nitrogen and oxygen atoms in total. The third-order valence-corrected chi connectivity index (χ3v) is 12.5. The molecule has 0 aliphatic carbocycles. The standard InChI is InChI=1S/C49H28N8O4S/c1-3-16-35-31(13-1)52-43-28(11-6-18-37(43)60-35)39-40(29-12-7-19-38-44(29)53-32-14-2-4-17-36(32)61-38)45-47(41(34-25-59-57-56-34)42(39)49-51-23-24-58-49)62-46-27(10-5-15-33(46)54-45)30-21-20-26-9-8-22-50-48(26)55-30/h1-25,52-54H. The molecular formula is C49H28N8O4S. The topological polar surface area (TPSA) is 145 Å². The van der Waals surface area contributed by atoms with Gasteiger partial charge in [-0.3, -0.25) is 0 Å². The van der Waals surface area contributed by atoms with Gasteiger partial charge in [-0.05, 0) is 66.7 Å². The van der Waals surface area contributed by atoms with Gasteiger partial charge in [0.05, 0.1) is 51.6 Å². The van der Waals surface area contributed by atoms with E-state index in [4.69, 9.17) is 28.4 Å². The number of nitrogens with one attached hydrogen (secondary N) is 3. The Kier molecular flexibility index (Phi) is 7.53. The summed E-state index contributed by atoms with van der Waals surface area (Å²) < 4.78 is 25.0. The number of hydrogen-bond donors (Lipinski definition) is 3. The highest BCUT2D eigenvalue weighted by molar-refractivity contribution is 8.00. The number of hydrogen-bond acceptors (Lipinski definition) is 13. The minimum absolute atomic E-state index is 0.373. The van der Waals surface area contributed by atoms with Crippen LogP contribution in [-0.2, 0) is 0 Å². The Morgan fingerprint density at radius 3 is 1.89 bits per heavy atom. The van der Waals surface area contributed by atoms with Gasteiger partial charge in [0.15, 0.2) is 34.9 Å². The molecule has 0 spiro atoms. The fourth-order valence-electron chi connectivity index (χ4n) is 8.58. The van der Waals surface area contributed by atoms with E-state index in [0.29, 0.717) is 39.9 Å². The van der Waals surface area contributed by atoms with E-state index in [-0.39, 0.29) is 0 Å². The third-order valence-electron chi connectivity index (χ3n) is 11.3. The SMILES string of the molecule is c1ccc2c(c1)Nc1c(cccc1-c1c3c(c(-c4conn4)c(-c4ncco4)c1-c1cccc4c1Nc1ccccc1O4)Sc1c(cccc1-c1ccc4cccnc4n1)N3)O2. The van der Waals surface area contributed by atoms with Crippen LogP contribution in [0.3, 0.4) is 0 Å². The van der Waals surface area contributed by atoms with E-state index in [9.17, 15) is 0 Å². The van der Waals surface area contributed by atoms with Crippen molar-refractivity contribution in [2.75, 3.05) is 16.0 Å². The Labute approximate surface area is 356 Å². The quantitative estimate of drug-likeness (QED) is 0.151. The van der Waals surface area contributed by atoms with Gasteiger partial charge in [0.25, 0.3) is 0 Å². The van der Waals surface area contributed by atoms with E-state index in [1.165, 1.54) is 0 Å². The van der Waals surface area contributed by atoms with Crippen molar-refractivity contribution in [3.05, 3.63) is 152 Å². The summed E-state index contributed by atoms with van der Waals surface area (Å²) in [5.74, 6) is 3.17. The van der Waals surface area contributed by atoms with Gasteiger partial charge in [0.2, 0.25) is 5.89 Å². The summed E-state index contributed by atoms with van der Waals surface area (Å²) in [5, 5.41) is 20.9. The van der Waals surface area contributed by atoms with Crippen molar-refractivity contribution in [2.45, 2.75) is 9.79 Å². The molecule has 3 aliphatic heterocycles. The molecule has 0 amide bonds. The van der Waals surface area contributed by atoms with Crippen LogP contribution in [0.5, 0.6) is 23.0 Å². The number of fused-ring (bicyclic) bond motifs is 7. The molecule has 62 heavy (non-hydrogen) atoms. The molecule has 0 unspecified atom stereocenters. The minimum Gasteiger partial charge on any atom is -0.453 e. The lowest BCUT2D eigenvalue weighted by molar-refractivity contribution is 0.393. The Hall–Kier alpha value is -8.42. The second-order valence-electron chi connectivity index (χ2n) is 14.8. The highest BCUT2D eigenvalue weighted by Gasteiger charge is 2.37. The van der Waals surface area contributed by atoms with Crippen LogP contribution in [0.1, 0.15) is 0 Å². The monoisotopic (exact) mass is 824 g/mol. The molecule has 13 rings (SSSR count). The Balaban J connectivity index is 1.14. The number of aromatic nitrogens is 5. The van der Waals surface area contributed by atoms with E-state index < -0.39 is 0 Å². The molecule has 0 saturated carbocycles. The maximum Gasteiger partial charge on any atom is 0.227 e. The van der Waals surface area contributed by atoms with E-state index in [0.717, 1.165) is 94.3 Å². The molecule has 294 valence electrons. The molecule has 0 fully saturated rings. The summed E-state index contributed by atoms with van der Waals surface area (Å²) in [7, 11) is 0. The van der Waals surface area contributed by atoms with Gasteiger partial charge in [0.1, 0.15) is 12.0 Å². The van der Waals surface area contributed by atoms with Gasteiger partial charge >= 0.3 is 0 Å². The van der Waals surface area contributed by atoms with Crippen molar-refractivity contribution < 1.29 is 18.4 Å². The van der Waals surface area contributed by atoms with Crippen molar-refractivity contribution in [3.63, 3.8) is 0 Å². The summed E-state index contributed by atoms with van der Waals surface area (Å²) in [5.41, 5.74) is 12.6. The number of anilines is 6. The predicted octanol–water partition coefficient (Wildman–Crippen LogP) is 13.2. The highest BCUT2D eigenvalue weighted by atomic mass is 32.2. The van der Waals surface area contributed by atoms with Gasteiger partial charge in [-0.25, -0.2) is 15.0 Å². The maximum absolute atomic E-state index is 6.60. The fraction of sp³-hybridized carbons (Fsp3) is 0. The van der Waals surface area contributed by atoms with Crippen molar-refractivity contribution in [3.8, 4) is 79.2 Å². The van der Waals surface area contributed by atoms with Crippen LogP contribution in [0.15, 0.2) is 171 Å². The van der Waals surface area contributed by atoms with Gasteiger partial charge in [-0.2, -0.15) is 0 Å². The first kappa shape index (κ1) is 34.4. The fourth-order valence-corrected chi connectivity index (χ4v) is 9.86. The average molecular weight is 825 g/mol. The molecule has 13 heteroatoms. The van der Waals surface area contributed by atoms with Crippen LogP contribution >= 0.6 is 11.8 Å². The summed E-state index contributed by atoms with van der Waals surface area (Å²) in [6.07, 6.45) is 6.55. The molecule has 7 heterocycles. The van der Waals surface area contributed by atoms with E-state index in [1.807, 2.05) is 97.1 Å². The number of para-hydroxylation sites is 6. The molecule has 10 aromatic rings. The molecular weight excluding hydrogens is 797 g/mol. The molecule has 0 atom stereocenters. The van der Waals surface area contributed by atoms with Crippen molar-refractivity contribution in [2.24, 2.45) is 0 Å². The molecule has 6 aromatic carbocycles. The number of nitrogens with zero attached hydrogens (tertiary/aromatic N) is 5. The first-order valence-corrected chi connectivity index (χ1v) is 20.6. The normalized spacial score (nSPS) is 12.8. The van der Waals surface area contributed by atoms with Crippen molar-refractivity contribution in [1.82, 2.24) is 25.3 Å². The molecule has 0 saturated heterocycles. The van der Waals surface area contributed by atoms with Crippen molar-refractivity contribution in [1.29, 1.82) is 0 Å². The van der Waals surface area contributed by atoms with Gasteiger partial charge in [-0.1, -0.05) is 72.4 Å². The van der Waals surface area contributed by atoms with E-state index in [1.54, 1.807) is 36.7 Å². The zero-order chi connectivity index (χ0) is 40.7.